The van der Waals surface area contributed by atoms with E-state index in [1.165, 1.54) is 6.42 Å². The number of rotatable bonds is 8. The Bertz CT molecular complexity index is 995. The van der Waals surface area contributed by atoms with Crippen molar-refractivity contribution in [2.24, 2.45) is 0 Å². The highest BCUT2D eigenvalue weighted by molar-refractivity contribution is 6.06. The molecule has 2 aromatic rings. The summed E-state index contributed by atoms with van der Waals surface area (Å²) in [6, 6.07) is 14.5. The lowest BCUT2D eigenvalue weighted by Gasteiger charge is -2.37. The van der Waals surface area contributed by atoms with Crippen LogP contribution in [0.15, 0.2) is 42.0 Å². The van der Waals surface area contributed by atoms with E-state index < -0.39 is 24.6 Å². The van der Waals surface area contributed by atoms with Crippen molar-refractivity contribution < 1.29 is 20.1 Å². The lowest BCUT2D eigenvalue weighted by atomic mass is 9.95. The smallest absolute Gasteiger partial charge is 0.173 e. The van der Waals surface area contributed by atoms with E-state index in [0.717, 1.165) is 41.4 Å². The van der Waals surface area contributed by atoms with E-state index in [4.69, 9.17) is 5.11 Å². The van der Waals surface area contributed by atoms with Gasteiger partial charge in [0.2, 0.25) is 0 Å². The van der Waals surface area contributed by atoms with Gasteiger partial charge in [0.15, 0.2) is 5.78 Å². The summed E-state index contributed by atoms with van der Waals surface area (Å²) in [5.41, 5.74) is 1.89. The van der Waals surface area contributed by atoms with Crippen molar-refractivity contribution in [1.29, 1.82) is 5.26 Å². The van der Waals surface area contributed by atoms with Gasteiger partial charge in [-0.25, -0.2) is 0 Å². The van der Waals surface area contributed by atoms with Gasteiger partial charge in [0.25, 0.3) is 0 Å². The number of nitriles is 1. The third kappa shape index (κ3) is 5.31. The third-order valence-electron chi connectivity index (χ3n) is 6.04. The molecule has 0 saturated carbocycles. The molecule has 6 heteroatoms. The van der Waals surface area contributed by atoms with Crippen LogP contribution in [0, 0.1) is 11.3 Å². The molecule has 0 aromatic heterocycles. The predicted molar refractivity (Wildman–Crippen MR) is 122 cm³/mol. The molecule has 31 heavy (non-hydrogen) atoms. The van der Waals surface area contributed by atoms with Crippen LogP contribution in [0.2, 0.25) is 0 Å². The molecule has 1 fully saturated rings. The highest BCUT2D eigenvalue weighted by Crippen LogP contribution is 2.36. The average molecular weight is 423 g/mol. The average Bonchev–Trinajstić information content (AvgIpc) is 2.80. The molecule has 0 amide bonds. The Kier molecular flexibility index (Phi) is 7.80. The quantitative estimate of drug-likeness (QED) is 0.446. The van der Waals surface area contributed by atoms with Crippen LogP contribution in [0.25, 0.3) is 16.8 Å². The minimum atomic E-state index is -1.30. The van der Waals surface area contributed by atoms with Crippen LogP contribution in [0.4, 0.5) is 5.69 Å². The van der Waals surface area contributed by atoms with E-state index in [1.807, 2.05) is 30.3 Å². The molecule has 3 N–H and O–H groups in total. The predicted octanol–water partition coefficient (Wildman–Crippen LogP) is 3.19. The normalized spacial score (nSPS) is 19.1. The van der Waals surface area contributed by atoms with Crippen molar-refractivity contribution in [1.82, 2.24) is 0 Å². The van der Waals surface area contributed by atoms with E-state index in [1.54, 1.807) is 6.08 Å². The second-order valence-electron chi connectivity index (χ2n) is 8.21. The Labute approximate surface area is 183 Å². The van der Waals surface area contributed by atoms with Gasteiger partial charge in [0, 0.05) is 24.4 Å². The van der Waals surface area contributed by atoms with Crippen molar-refractivity contribution in [2.45, 2.75) is 57.3 Å². The number of piperidine rings is 1. The first-order valence-electron chi connectivity index (χ1n) is 10.9. The number of carbonyl (C=O) groups excluding carboxylic acids is 1. The third-order valence-corrected chi connectivity index (χ3v) is 6.04. The Morgan fingerprint density at radius 1 is 1.23 bits per heavy atom. The molecule has 0 bridgehead atoms. The molecule has 3 atom stereocenters. The Morgan fingerprint density at radius 2 is 2.00 bits per heavy atom. The lowest BCUT2D eigenvalue weighted by molar-refractivity contribution is -0.116. The molecule has 1 aliphatic heterocycles. The molecule has 2 aromatic carbocycles. The molecular formula is C25H30N2O4. The zero-order valence-corrected chi connectivity index (χ0v) is 17.9. The Hall–Kier alpha value is -2.72. The molecule has 164 valence electrons. The summed E-state index contributed by atoms with van der Waals surface area (Å²) in [6.45, 7) is 2.56. The summed E-state index contributed by atoms with van der Waals surface area (Å²) in [5.74, 6) is -0.391. The maximum Gasteiger partial charge on any atom is 0.173 e. The zero-order chi connectivity index (χ0) is 22.4. The summed E-state index contributed by atoms with van der Waals surface area (Å²) in [5, 5.41) is 40.0. The van der Waals surface area contributed by atoms with Crippen molar-refractivity contribution in [3.63, 3.8) is 0 Å². The second kappa shape index (κ2) is 10.5. The zero-order valence-electron chi connectivity index (χ0n) is 17.9. The standard InChI is InChI=1S/C25H30N2O4/c1-17-6-4-5-13-27(17)25-19(10-9-18-7-2-3-8-21(18)25)14-20(15-26)22(29)11-12-23(30)24(31)16-28/h2-3,7-10,14,17,23-24,28,30-31H,4-6,11-13,16H2,1H3/b20-14+. The van der Waals surface area contributed by atoms with Crippen LogP contribution in [-0.2, 0) is 4.79 Å². The highest BCUT2D eigenvalue weighted by Gasteiger charge is 2.23. The highest BCUT2D eigenvalue weighted by atomic mass is 16.4. The lowest BCUT2D eigenvalue weighted by Crippen LogP contribution is -2.38. The van der Waals surface area contributed by atoms with Crippen molar-refractivity contribution >= 4 is 28.3 Å². The molecule has 0 aliphatic carbocycles. The molecule has 6 nitrogen and oxygen atoms in total. The molecular weight excluding hydrogens is 392 g/mol. The number of aliphatic hydroxyl groups is 3. The van der Waals surface area contributed by atoms with Crippen molar-refractivity contribution in [3.8, 4) is 6.07 Å². The van der Waals surface area contributed by atoms with Crippen molar-refractivity contribution in [2.75, 3.05) is 18.1 Å². The fourth-order valence-electron chi connectivity index (χ4n) is 4.20. The number of carbonyl (C=O) groups is 1. The van der Waals surface area contributed by atoms with E-state index in [0.29, 0.717) is 6.04 Å². The SMILES string of the molecule is CC1CCCCN1c1c(/C=C(\C#N)C(=O)CCC(O)C(O)CO)ccc2ccccc12. The maximum atomic E-state index is 12.6. The minimum Gasteiger partial charge on any atom is -0.394 e. The fourth-order valence-corrected chi connectivity index (χ4v) is 4.20. The molecule has 0 radical (unpaired) electrons. The van der Waals surface area contributed by atoms with Gasteiger partial charge in [-0.05, 0) is 49.6 Å². The van der Waals surface area contributed by atoms with E-state index in [-0.39, 0.29) is 18.4 Å². The summed E-state index contributed by atoms with van der Waals surface area (Å²) in [6.07, 6.45) is 2.42. The van der Waals surface area contributed by atoms with Crippen molar-refractivity contribution in [3.05, 3.63) is 47.5 Å². The van der Waals surface area contributed by atoms with Gasteiger partial charge in [-0.15, -0.1) is 0 Å². The Morgan fingerprint density at radius 3 is 2.71 bits per heavy atom. The van der Waals surface area contributed by atoms with Gasteiger partial charge in [-0.3, -0.25) is 4.79 Å². The summed E-state index contributed by atoms with van der Waals surface area (Å²) >= 11 is 0. The van der Waals surface area contributed by atoms with Crippen LogP contribution in [0.3, 0.4) is 0 Å². The number of Topliss-reactive ketones (excluding diaryl/α,β-unsaturated/α-hetero) is 1. The molecule has 3 rings (SSSR count). The van der Waals surface area contributed by atoms with E-state index in [2.05, 4.69) is 24.0 Å². The first kappa shape index (κ1) is 23.0. The maximum absolute atomic E-state index is 12.6. The number of ketones is 1. The molecule has 1 aliphatic rings. The number of nitrogens with zero attached hydrogens (tertiary/aromatic N) is 2. The largest absolute Gasteiger partial charge is 0.394 e. The summed E-state index contributed by atoms with van der Waals surface area (Å²) < 4.78 is 0. The number of hydrogen-bond donors (Lipinski definition) is 3. The number of fused-ring (bicyclic) bond motifs is 1. The number of hydrogen-bond acceptors (Lipinski definition) is 6. The van der Waals surface area contributed by atoms with E-state index >= 15 is 0 Å². The molecule has 3 unspecified atom stereocenters. The molecule has 0 spiro atoms. The topological polar surface area (TPSA) is 105 Å². The number of aliphatic hydroxyl groups excluding tert-OH is 3. The van der Waals surface area contributed by atoms with Gasteiger partial charge < -0.3 is 20.2 Å². The summed E-state index contributed by atoms with van der Waals surface area (Å²) in [4.78, 5) is 15.0. The van der Waals surface area contributed by atoms with Gasteiger partial charge >= 0.3 is 0 Å². The Balaban J connectivity index is 1.97. The van der Waals surface area contributed by atoms with Gasteiger partial charge in [0.1, 0.15) is 12.2 Å². The van der Waals surface area contributed by atoms with Crippen LogP contribution < -0.4 is 4.90 Å². The number of benzene rings is 2. The first-order valence-corrected chi connectivity index (χ1v) is 10.9. The second-order valence-corrected chi connectivity index (χ2v) is 8.21. The van der Waals surface area contributed by atoms with Crippen LogP contribution >= 0.6 is 0 Å². The number of anilines is 1. The van der Waals surface area contributed by atoms with Gasteiger partial charge in [-0.2, -0.15) is 5.26 Å². The van der Waals surface area contributed by atoms with Crippen LogP contribution in [0.5, 0.6) is 0 Å². The monoisotopic (exact) mass is 422 g/mol. The first-order chi connectivity index (χ1) is 15.0. The fraction of sp³-hybridized carbons (Fsp3) is 0.440. The van der Waals surface area contributed by atoms with E-state index in [9.17, 15) is 20.3 Å². The minimum absolute atomic E-state index is 0.0203. The molecule has 1 heterocycles. The number of allylic oxidation sites excluding steroid dienone is 1. The van der Waals surface area contributed by atoms with Crippen LogP contribution in [-0.4, -0.2) is 52.5 Å². The van der Waals surface area contributed by atoms with Gasteiger partial charge in [0.05, 0.1) is 24.0 Å². The van der Waals surface area contributed by atoms with Crippen LogP contribution in [0.1, 0.15) is 44.6 Å². The van der Waals surface area contributed by atoms with Gasteiger partial charge in [-0.1, -0.05) is 36.4 Å². The summed E-state index contributed by atoms with van der Waals surface area (Å²) in [7, 11) is 0. The molecule has 1 saturated heterocycles.